The first-order valence-electron chi connectivity index (χ1n) is 29.0. The van der Waals surface area contributed by atoms with E-state index >= 15 is 0 Å². The third-order valence-corrected chi connectivity index (χ3v) is 17.4. The summed E-state index contributed by atoms with van der Waals surface area (Å²) in [4.78, 5) is 91.5. The molecule has 20 heteroatoms. The first-order valence-corrected chi connectivity index (χ1v) is 29.4. The molecule has 0 bridgehead atoms. The number of halogens is 2. The molecule has 80 heavy (non-hydrogen) atoms. The predicted molar refractivity (Wildman–Crippen MR) is 303 cm³/mol. The van der Waals surface area contributed by atoms with E-state index in [1.807, 2.05) is 49.2 Å². The van der Waals surface area contributed by atoms with Gasteiger partial charge in [-0.1, -0.05) is 74.4 Å². The Morgan fingerprint density at radius 1 is 0.600 bits per heavy atom. The number of nitrogens with zero attached hydrogens (tertiary/aromatic N) is 6. The highest BCUT2D eigenvalue weighted by molar-refractivity contribution is 6.30. The zero-order valence-corrected chi connectivity index (χ0v) is 48.1. The topological polar surface area (TPSA) is 211 Å². The van der Waals surface area contributed by atoms with Crippen LogP contribution in [0, 0.1) is 28.5 Å². The van der Waals surface area contributed by atoms with E-state index in [0.717, 1.165) is 73.9 Å². The molecule has 4 heterocycles. The molecule has 18 nitrogen and oxygen atoms in total. The first kappa shape index (κ1) is 61.1. The summed E-state index contributed by atoms with van der Waals surface area (Å²) in [5, 5.41) is 12.1. The third kappa shape index (κ3) is 16.3. The number of urea groups is 2. The van der Waals surface area contributed by atoms with Crippen molar-refractivity contribution in [1.29, 1.82) is 0 Å². The summed E-state index contributed by atoms with van der Waals surface area (Å²) in [5.41, 5.74) is 2.54. The summed E-state index contributed by atoms with van der Waals surface area (Å²) < 4.78 is 28.4. The van der Waals surface area contributed by atoms with Gasteiger partial charge in [0.1, 0.15) is 17.9 Å². The van der Waals surface area contributed by atoms with E-state index in [1.165, 1.54) is 25.0 Å². The van der Waals surface area contributed by atoms with Gasteiger partial charge >= 0.3 is 24.0 Å². The molecule has 2 aliphatic heterocycles. The van der Waals surface area contributed by atoms with E-state index in [1.54, 1.807) is 59.1 Å². The Labute approximate surface area is 476 Å². The highest BCUT2D eigenvalue weighted by Gasteiger charge is 2.51. The molecule has 2 atom stereocenters. The smallest absolute Gasteiger partial charge is 0.315 e. The van der Waals surface area contributed by atoms with Crippen LogP contribution in [0.15, 0.2) is 73.6 Å². The van der Waals surface area contributed by atoms with Crippen molar-refractivity contribution in [2.75, 3.05) is 52.5 Å². The number of hydrogen-bond acceptors (Lipinski definition) is 10. The number of rotatable bonds is 20. The van der Waals surface area contributed by atoms with Crippen LogP contribution in [0.5, 0.6) is 0 Å². The Hall–Kier alpha value is -6.50. The minimum absolute atomic E-state index is 0.113. The lowest BCUT2D eigenvalue weighted by molar-refractivity contribution is -0.166. The average molecular weight is 1130 g/mol. The molecule has 0 unspecified atom stereocenters. The molecular formula is C60H84ClFN10O8. The number of esters is 2. The van der Waals surface area contributed by atoms with Crippen LogP contribution < -0.4 is 21.3 Å². The van der Waals surface area contributed by atoms with Crippen molar-refractivity contribution in [3.8, 4) is 0 Å². The van der Waals surface area contributed by atoms with E-state index in [-0.39, 0.29) is 41.9 Å². The molecule has 2 aromatic carbocycles. The number of carbonyl (C=O) groups excluding carboxylic acids is 6. The third-order valence-electron chi connectivity index (χ3n) is 17.2. The zero-order chi connectivity index (χ0) is 57.1. The molecule has 6 amide bonds. The fraction of sp³-hybridized carbons (Fsp3) is 0.600. The van der Waals surface area contributed by atoms with Gasteiger partial charge in [-0.2, -0.15) is 0 Å². The van der Waals surface area contributed by atoms with Crippen LogP contribution in [0.3, 0.4) is 0 Å². The summed E-state index contributed by atoms with van der Waals surface area (Å²) in [5.74, 6) is -0.381. The van der Waals surface area contributed by atoms with Gasteiger partial charge in [-0.3, -0.25) is 19.2 Å². The minimum atomic E-state index is -0.827. The van der Waals surface area contributed by atoms with Crippen molar-refractivity contribution in [3.05, 3.63) is 107 Å². The molecule has 2 aliphatic carbocycles. The Bertz CT molecular complexity index is 2460. The van der Waals surface area contributed by atoms with Crippen molar-refractivity contribution in [3.63, 3.8) is 0 Å². The van der Waals surface area contributed by atoms with Gasteiger partial charge in [0.2, 0.25) is 11.8 Å². The van der Waals surface area contributed by atoms with E-state index in [9.17, 15) is 33.2 Å². The predicted octanol–water partition coefficient (Wildman–Crippen LogP) is 8.04. The quantitative estimate of drug-likeness (QED) is 0.0626. The van der Waals surface area contributed by atoms with Gasteiger partial charge in [0.05, 0.1) is 36.7 Å². The minimum Gasteiger partial charge on any atom is -0.466 e. The van der Waals surface area contributed by atoms with E-state index in [4.69, 9.17) is 21.1 Å². The number of hydrogen-bond donors (Lipinski definition) is 4. The molecule has 4 aromatic rings. The number of piperidine rings is 2. The number of ether oxygens (including phenoxy) is 2. The largest absolute Gasteiger partial charge is 0.466 e. The van der Waals surface area contributed by atoms with Crippen molar-refractivity contribution in [1.82, 2.24) is 50.2 Å². The monoisotopic (exact) mass is 1130 g/mol. The Balaban J connectivity index is 0.000000231. The number of carbonyl (C=O) groups is 6. The Kier molecular flexibility index (Phi) is 22.8. The number of imidazole rings is 2. The number of aromatic nitrogens is 4. The molecule has 2 aromatic heterocycles. The fourth-order valence-electron chi connectivity index (χ4n) is 12.5. The molecule has 0 spiro atoms. The van der Waals surface area contributed by atoms with E-state index in [2.05, 4.69) is 31.2 Å². The summed E-state index contributed by atoms with van der Waals surface area (Å²) in [7, 11) is 3.80. The Morgan fingerprint density at radius 3 is 1.32 bits per heavy atom. The number of likely N-dealkylation sites (tertiary alicyclic amines) is 2. The van der Waals surface area contributed by atoms with E-state index in [0.29, 0.717) is 108 Å². The van der Waals surface area contributed by atoms with Gasteiger partial charge in [0, 0.05) is 108 Å². The molecule has 4 N–H and O–H groups in total. The Morgan fingerprint density at radius 2 is 0.975 bits per heavy atom. The SMILES string of the molecule is CCOC(=O)C1(C2CCCCC2)CCN(C(=O)[C@@H](Cc2ccc(Cl)cc2)NC(=O)NCCc2cncn2C)CC1.CCOC(=O)C1(C2CCCCC2)CCN(C(=O)[C@@H](Cc2ccc(F)cc2)NC(=O)NCCc2cncn2C)CC1. The summed E-state index contributed by atoms with van der Waals surface area (Å²) in [6.07, 6.45) is 22.1. The van der Waals surface area contributed by atoms with Gasteiger partial charge in [-0.05, 0) is 112 Å². The lowest BCUT2D eigenvalue weighted by atomic mass is 9.63. The second kappa shape index (κ2) is 29.8. The molecule has 0 radical (unpaired) electrons. The number of benzene rings is 2. The van der Waals surface area contributed by atoms with Gasteiger partial charge in [0.25, 0.3) is 0 Å². The maximum atomic E-state index is 13.8. The summed E-state index contributed by atoms with van der Waals surface area (Å²) >= 11 is 6.07. The summed E-state index contributed by atoms with van der Waals surface area (Å²) in [6.45, 7) is 6.98. The van der Waals surface area contributed by atoms with Gasteiger partial charge in [-0.25, -0.2) is 23.9 Å². The van der Waals surface area contributed by atoms with Crippen molar-refractivity contribution < 1.29 is 42.6 Å². The molecule has 4 aliphatic rings. The number of aryl methyl sites for hydroxylation is 2. The molecular weight excluding hydrogens is 1040 g/mol. The molecule has 8 rings (SSSR count). The van der Waals surface area contributed by atoms with Crippen LogP contribution in [0.25, 0.3) is 0 Å². The number of nitrogens with one attached hydrogen (secondary N) is 4. The molecule has 2 saturated carbocycles. The van der Waals surface area contributed by atoms with Crippen LogP contribution >= 0.6 is 11.6 Å². The van der Waals surface area contributed by atoms with Gasteiger partial charge in [-0.15, -0.1) is 0 Å². The van der Waals surface area contributed by atoms with Crippen LogP contribution in [0.2, 0.25) is 5.02 Å². The number of amides is 6. The first-order chi connectivity index (χ1) is 38.6. The van der Waals surface area contributed by atoms with Crippen molar-refractivity contribution in [2.24, 2.45) is 36.8 Å². The van der Waals surface area contributed by atoms with Crippen LogP contribution in [0.1, 0.15) is 126 Å². The maximum Gasteiger partial charge on any atom is 0.315 e. The highest BCUT2D eigenvalue weighted by Crippen LogP contribution is 2.48. The summed E-state index contributed by atoms with van der Waals surface area (Å²) in [6, 6.07) is 10.9. The van der Waals surface area contributed by atoms with Crippen LogP contribution in [-0.4, -0.2) is 129 Å². The fourth-order valence-corrected chi connectivity index (χ4v) is 12.6. The normalized spacial score (nSPS) is 18.1. The van der Waals surface area contributed by atoms with E-state index < -0.39 is 35.0 Å². The standard InChI is InChI=1S/C30H42ClN5O4.C30H42FN5O4/c2*1-3-40-28(38)30(23-7-5-4-6-8-23)14-17-36(18-15-30)27(37)26(19-22-9-11-24(31)12-10-22)34-29(39)33-16-13-25-20-32-21-35(25)2/h2*9-12,20-21,23,26H,3-8,13-19H2,1-2H3,(H2,33,34,39)/t2*26-/m11/s1. The zero-order valence-electron chi connectivity index (χ0n) is 47.3. The maximum absolute atomic E-state index is 13.8. The lowest BCUT2D eigenvalue weighted by Crippen LogP contribution is -2.56. The van der Waals surface area contributed by atoms with Crippen LogP contribution in [0.4, 0.5) is 14.0 Å². The van der Waals surface area contributed by atoms with Gasteiger partial charge < -0.3 is 49.7 Å². The second-order valence-corrected chi connectivity index (χ2v) is 22.6. The second-order valence-electron chi connectivity index (χ2n) is 22.1. The average Bonchev–Trinajstić information content (AvgIpc) is 4.09. The highest BCUT2D eigenvalue weighted by atomic mass is 35.5. The van der Waals surface area contributed by atoms with Gasteiger partial charge in [0.15, 0.2) is 0 Å². The van der Waals surface area contributed by atoms with Crippen molar-refractivity contribution >= 4 is 47.4 Å². The van der Waals surface area contributed by atoms with Crippen LogP contribution in [-0.2, 0) is 68.4 Å². The lowest BCUT2D eigenvalue weighted by Gasteiger charge is -2.46. The van der Waals surface area contributed by atoms with Crippen molar-refractivity contribution in [2.45, 2.75) is 142 Å². The molecule has 4 fully saturated rings. The molecule has 2 saturated heterocycles. The molecule has 436 valence electrons.